The van der Waals surface area contributed by atoms with Crippen LogP contribution in [0.4, 0.5) is 5.69 Å². The summed E-state index contributed by atoms with van der Waals surface area (Å²) in [5.74, 6) is 2.33. The first-order valence-electron chi connectivity index (χ1n) is 10.7. The van der Waals surface area contributed by atoms with Crippen molar-refractivity contribution in [1.29, 1.82) is 0 Å². The number of aromatic nitrogens is 3. The number of hydrogen-bond donors (Lipinski definition) is 0. The third-order valence-electron chi connectivity index (χ3n) is 5.33. The molecule has 0 saturated carbocycles. The van der Waals surface area contributed by atoms with Crippen LogP contribution in [0.1, 0.15) is 19.4 Å². The Morgan fingerprint density at radius 1 is 1.13 bits per heavy atom. The van der Waals surface area contributed by atoms with Crippen LogP contribution in [-0.4, -0.2) is 57.5 Å². The number of carbonyl (C=O) groups excluding carboxylic acids is 1. The lowest BCUT2D eigenvalue weighted by Gasteiger charge is -2.36. The van der Waals surface area contributed by atoms with Crippen LogP contribution >= 0.6 is 11.8 Å². The van der Waals surface area contributed by atoms with Crippen LogP contribution in [0.5, 0.6) is 0 Å². The molecule has 0 atom stereocenters. The van der Waals surface area contributed by atoms with Gasteiger partial charge in [0.15, 0.2) is 16.7 Å². The smallest absolute Gasteiger partial charge is 0.233 e. The molecule has 3 aromatic rings. The van der Waals surface area contributed by atoms with E-state index < -0.39 is 0 Å². The molecule has 8 heteroatoms. The largest absolute Gasteiger partial charge is 0.461 e. The van der Waals surface area contributed by atoms with Crippen LogP contribution in [0.15, 0.2) is 52.2 Å². The van der Waals surface area contributed by atoms with E-state index in [1.165, 1.54) is 23.0 Å². The Balaban J connectivity index is 1.36. The van der Waals surface area contributed by atoms with Gasteiger partial charge in [-0.1, -0.05) is 37.7 Å². The van der Waals surface area contributed by atoms with Crippen molar-refractivity contribution in [3.63, 3.8) is 0 Å². The Labute approximate surface area is 187 Å². The normalized spacial score (nSPS) is 14.5. The first-order chi connectivity index (χ1) is 15.0. The number of furan rings is 1. The molecule has 2 aromatic heterocycles. The summed E-state index contributed by atoms with van der Waals surface area (Å²) >= 11 is 1.45. The van der Waals surface area contributed by atoms with E-state index in [-0.39, 0.29) is 5.91 Å². The van der Waals surface area contributed by atoms with Crippen LogP contribution in [0, 0.1) is 12.8 Å². The molecule has 164 valence electrons. The Hall–Kier alpha value is -2.74. The van der Waals surface area contributed by atoms with Gasteiger partial charge in [-0.15, -0.1) is 10.2 Å². The quantitative estimate of drug-likeness (QED) is 0.520. The number of aryl methyl sites for hydroxylation is 1. The molecule has 4 rings (SSSR count). The van der Waals surface area contributed by atoms with E-state index in [0.717, 1.165) is 37.9 Å². The van der Waals surface area contributed by atoms with E-state index in [1.54, 1.807) is 6.26 Å². The number of hydrogen-bond acceptors (Lipinski definition) is 6. The standard InChI is InChI=1S/C23H29N5O2S/c1-17(2)15-28-22(20-8-5-13-30-20)24-25-23(28)31-16-21(29)27-11-9-26(10-12-27)19-7-4-6-18(3)14-19/h4-8,13-14,17H,9-12,15-16H2,1-3H3. The van der Waals surface area contributed by atoms with E-state index in [1.807, 2.05) is 17.0 Å². The molecular weight excluding hydrogens is 410 g/mol. The van der Waals surface area contributed by atoms with Gasteiger partial charge in [0.05, 0.1) is 12.0 Å². The van der Waals surface area contributed by atoms with Crippen molar-refractivity contribution in [1.82, 2.24) is 19.7 Å². The topological polar surface area (TPSA) is 67.4 Å². The molecular formula is C23H29N5O2S. The van der Waals surface area contributed by atoms with Gasteiger partial charge in [-0.25, -0.2) is 0 Å². The number of benzene rings is 1. The second-order valence-corrected chi connectivity index (χ2v) is 9.23. The van der Waals surface area contributed by atoms with Gasteiger partial charge in [0.25, 0.3) is 0 Å². The van der Waals surface area contributed by atoms with E-state index in [2.05, 4.69) is 64.7 Å². The number of piperazine rings is 1. The lowest BCUT2D eigenvalue weighted by molar-refractivity contribution is -0.128. The summed E-state index contributed by atoms with van der Waals surface area (Å²) in [6.07, 6.45) is 1.64. The number of anilines is 1. The van der Waals surface area contributed by atoms with Crippen molar-refractivity contribution in [2.24, 2.45) is 5.92 Å². The van der Waals surface area contributed by atoms with Crippen LogP contribution in [-0.2, 0) is 11.3 Å². The summed E-state index contributed by atoms with van der Waals surface area (Å²) in [5, 5.41) is 9.42. The van der Waals surface area contributed by atoms with Crippen molar-refractivity contribution in [3.8, 4) is 11.6 Å². The highest BCUT2D eigenvalue weighted by Gasteiger charge is 2.23. The van der Waals surface area contributed by atoms with Crippen molar-refractivity contribution < 1.29 is 9.21 Å². The maximum absolute atomic E-state index is 12.8. The van der Waals surface area contributed by atoms with E-state index in [4.69, 9.17) is 4.42 Å². The van der Waals surface area contributed by atoms with E-state index in [9.17, 15) is 4.79 Å². The molecule has 0 N–H and O–H groups in total. The molecule has 0 bridgehead atoms. The Morgan fingerprint density at radius 3 is 2.61 bits per heavy atom. The van der Waals surface area contributed by atoms with Gasteiger partial charge < -0.3 is 14.2 Å². The molecule has 31 heavy (non-hydrogen) atoms. The summed E-state index contributed by atoms with van der Waals surface area (Å²) in [6.45, 7) is 10.4. The predicted octanol–water partition coefficient (Wildman–Crippen LogP) is 3.94. The first kappa shape index (κ1) is 21.5. The van der Waals surface area contributed by atoms with Gasteiger partial charge >= 0.3 is 0 Å². The molecule has 1 aliphatic heterocycles. The maximum Gasteiger partial charge on any atom is 0.233 e. The van der Waals surface area contributed by atoms with Gasteiger partial charge in [-0.2, -0.15) is 0 Å². The highest BCUT2D eigenvalue weighted by molar-refractivity contribution is 7.99. The molecule has 1 amide bonds. The molecule has 1 aliphatic rings. The van der Waals surface area contributed by atoms with Crippen molar-refractivity contribution in [3.05, 3.63) is 48.2 Å². The summed E-state index contributed by atoms with van der Waals surface area (Å²) in [7, 11) is 0. The minimum atomic E-state index is 0.146. The monoisotopic (exact) mass is 439 g/mol. The van der Waals surface area contributed by atoms with Crippen molar-refractivity contribution in [2.75, 3.05) is 36.8 Å². The van der Waals surface area contributed by atoms with Crippen LogP contribution in [0.25, 0.3) is 11.6 Å². The van der Waals surface area contributed by atoms with E-state index >= 15 is 0 Å². The molecule has 3 heterocycles. The Bertz CT molecular complexity index is 1010. The summed E-state index contributed by atoms with van der Waals surface area (Å²) in [4.78, 5) is 17.1. The Kier molecular flexibility index (Phi) is 6.65. The molecule has 1 aromatic carbocycles. The van der Waals surface area contributed by atoms with Crippen molar-refractivity contribution in [2.45, 2.75) is 32.5 Å². The summed E-state index contributed by atoms with van der Waals surface area (Å²) in [5.41, 5.74) is 2.49. The molecule has 7 nitrogen and oxygen atoms in total. The fourth-order valence-corrected chi connectivity index (χ4v) is 4.62. The number of amides is 1. The molecule has 1 saturated heterocycles. The van der Waals surface area contributed by atoms with Gasteiger partial charge in [-0.3, -0.25) is 9.36 Å². The zero-order valence-electron chi connectivity index (χ0n) is 18.3. The predicted molar refractivity (Wildman–Crippen MR) is 123 cm³/mol. The van der Waals surface area contributed by atoms with Gasteiger partial charge in [0.1, 0.15) is 0 Å². The fourth-order valence-electron chi connectivity index (χ4n) is 3.77. The lowest BCUT2D eigenvalue weighted by Crippen LogP contribution is -2.49. The number of thioether (sulfide) groups is 1. The first-order valence-corrected chi connectivity index (χ1v) is 11.7. The summed E-state index contributed by atoms with van der Waals surface area (Å²) < 4.78 is 7.57. The van der Waals surface area contributed by atoms with Gasteiger partial charge in [-0.05, 0) is 42.7 Å². The molecule has 0 radical (unpaired) electrons. The number of rotatable bonds is 7. The van der Waals surface area contributed by atoms with Crippen molar-refractivity contribution >= 4 is 23.4 Å². The molecule has 0 spiro atoms. The van der Waals surface area contributed by atoms with Gasteiger partial charge in [0.2, 0.25) is 5.91 Å². The minimum absolute atomic E-state index is 0.146. The number of carbonyl (C=O) groups is 1. The zero-order valence-corrected chi connectivity index (χ0v) is 19.1. The summed E-state index contributed by atoms with van der Waals surface area (Å²) in [6, 6.07) is 12.3. The molecule has 0 aliphatic carbocycles. The highest BCUT2D eigenvalue weighted by atomic mass is 32.2. The van der Waals surface area contributed by atoms with Crippen LogP contribution < -0.4 is 4.90 Å². The molecule has 0 unspecified atom stereocenters. The molecule has 1 fully saturated rings. The minimum Gasteiger partial charge on any atom is -0.461 e. The third kappa shape index (κ3) is 5.12. The SMILES string of the molecule is Cc1cccc(N2CCN(C(=O)CSc3nnc(-c4ccco4)n3CC(C)C)CC2)c1. The average Bonchev–Trinajstić information content (AvgIpc) is 3.42. The Morgan fingerprint density at radius 2 is 1.94 bits per heavy atom. The lowest BCUT2D eigenvalue weighted by atomic mass is 10.2. The second-order valence-electron chi connectivity index (χ2n) is 8.28. The average molecular weight is 440 g/mol. The maximum atomic E-state index is 12.8. The fraction of sp³-hybridized carbons (Fsp3) is 0.435. The zero-order chi connectivity index (χ0) is 21.8. The second kappa shape index (κ2) is 9.60. The highest BCUT2D eigenvalue weighted by Crippen LogP contribution is 2.26. The van der Waals surface area contributed by atoms with Crippen LogP contribution in [0.3, 0.4) is 0 Å². The third-order valence-corrected chi connectivity index (χ3v) is 6.28. The number of nitrogens with zero attached hydrogens (tertiary/aromatic N) is 5. The van der Waals surface area contributed by atoms with Crippen LogP contribution in [0.2, 0.25) is 0 Å². The van der Waals surface area contributed by atoms with E-state index in [0.29, 0.717) is 23.3 Å². The van der Waals surface area contributed by atoms with Gasteiger partial charge in [0, 0.05) is 38.4 Å².